The molecule has 6 heteroatoms. The molecule has 0 aliphatic rings. The molecule has 0 N–H and O–H groups in total. The number of hydrogen-bond acceptors (Lipinski definition) is 2. The fraction of sp³-hybridized carbons (Fsp3) is 0.143. The Balaban J connectivity index is 2.18. The monoisotopic (exact) mass is 312 g/mol. The molecule has 1 aromatic carbocycles. The molecule has 2 rings (SSSR count). The summed E-state index contributed by atoms with van der Waals surface area (Å²) in [5.74, 6) is -1.08. The smallest absolute Gasteiger partial charge is 0.256 e. The maximum Gasteiger partial charge on any atom is 0.256 e. The van der Waals surface area contributed by atoms with Gasteiger partial charge in [0.2, 0.25) is 0 Å². The summed E-state index contributed by atoms with van der Waals surface area (Å²) in [5, 5.41) is 0.986. The van der Waals surface area contributed by atoms with Gasteiger partial charge in [-0.05, 0) is 23.8 Å². The summed E-state index contributed by atoms with van der Waals surface area (Å²) in [6, 6.07) is 6.37. The van der Waals surface area contributed by atoms with E-state index in [-0.39, 0.29) is 12.1 Å². The van der Waals surface area contributed by atoms with Gasteiger partial charge in [0.15, 0.2) is 5.82 Å². The third-order valence-electron chi connectivity index (χ3n) is 2.77. The van der Waals surface area contributed by atoms with E-state index in [1.165, 1.54) is 17.2 Å². The third kappa shape index (κ3) is 3.26. The fourth-order valence-electron chi connectivity index (χ4n) is 1.73. The predicted octanol–water partition coefficient (Wildman–Crippen LogP) is 3.80. The van der Waals surface area contributed by atoms with Crippen LogP contribution in [0.15, 0.2) is 36.7 Å². The van der Waals surface area contributed by atoms with Crippen LogP contribution in [0.2, 0.25) is 10.0 Å². The molecule has 1 heterocycles. The summed E-state index contributed by atoms with van der Waals surface area (Å²) in [4.78, 5) is 17.1. The molecule has 0 saturated heterocycles. The molecule has 0 unspecified atom stereocenters. The van der Waals surface area contributed by atoms with Crippen LogP contribution in [-0.4, -0.2) is 22.8 Å². The van der Waals surface area contributed by atoms with Crippen molar-refractivity contribution in [3.8, 4) is 0 Å². The van der Waals surface area contributed by atoms with Crippen molar-refractivity contribution in [1.82, 2.24) is 9.88 Å². The van der Waals surface area contributed by atoms with E-state index in [1.807, 2.05) is 0 Å². The van der Waals surface area contributed by atoms with E-state index in [0.29, 0.717) is 10.0 Å². The van der Waals surface area contributed by atoms with Crippen LogP contribution < -0.4 is 0 Å². The van der Waals surface area contributed by atoms with Crippen LogP contribution in [0.5, 0.6) is 0 Å². The van der Waals surface area contributed by atoms with Gasteiger partial charge in [0.1, 0.15) is 0 Å². The Kier molecular flexibility index (Phi) is 4.57. The van der Waals surface area contributed by atoms with Gasteiger partial charge in [0.05, 0.1) is 11.8 Å². The van der Waals surface area contributed by atoms with E-state index < -0.39 is 11.7 Å². The molecular formula is C14H11Cl2FN2O. The highest BCUT2D eigenvalue weighted by Gasteiger charge is 2.17. The van der Waals surface area contributed by atoms with Crippen molar-refractivity contribution in [3.05, 3.63) is 63.6 Å². The van der Waals surface area contributed by atoms with Crippen molar-refractivity contribution in [2.45, 2.75) is 6.54 Å². The van der Waals surface area contributed by atoms with Gasteiger partial charge < -0.3 is 4.90 Å². The molecule has 0 radical (unpaired) electrons. The van der Waals surface area contributed by atoms with Gasteiger partial charge in [0, 0.05) is 29.8 Å². The summed E-state index contributed by atoms with van der Waals surface area (Å²) < 4.78 is 13.5. The zero-order valence-corrected chi connectivity index (χ0v) is 12.1. The first-order chi connectivity index (χ1) is 9.49. The normalized spacial score (nSPS) is 10.4. The molecule has 0 saturated carbocycles. The van der Waals surface area contributed by atoms with Gasteiger partial charge in [-0.1, -0.05) is 29.3 Å². The van der Waals surface area contributed by atoms with Gasteiger partial charge in [-0.3, -0.25) is 9.78 Å². The number of benzene rings is 1. The van der Waals surface area contributed by atoms with E-state index >= 15 is 0 Å². The zero-order chi connectivity index (χ0) is 14.7. The molecule has 0 aliphatic heterocycles. The first-order valence-electron chi connectivity index (χ1n) is 5.78. The Morgan fingerprint density at radius 3 is 2.75 bits per heavy atom. The van der Waals surface area contributed by atoms with Crippen LogP contribution in [-0.2, 0) is 6.54 Å². The second-order valence-corrected chi connectivity index (χ2v) is 5.10. The zero-order valence-electron chi connectivity index (χ0n) is 10.6. The molecule has 1 amide bonds. The molecule has 0 bridgehead atoms. The van der Waals surface area contributed by atoms with Crippen molar-refractivity contribution in [2.75, 3.05) is 7.05 Å². The minimum atomic E-state index is -0.647. The quantitative estimate of drug-likeness (QED) is 0.863. The number of hydrogen-bond donors (Lipinski definition) is 0. The van der Waals surface area contributed by atoms with Crippen LogP contribution in [0.1, 0.15) is 15.9 Å². The standard InChI is InChI=1S/C14H11Cl2FN2O/c1-19(8-9-2-3-10(15)6-12(9)16)14(20)11-4-5-18-7-13(11)17/h2-7H,8H2,1H3. The van der Waals surface area contributed by atoms with E-state index in [1.54, 1.807) is 25.2 Å². The number of nitrogens with zero attached hydrogens (tertiary/aromatic N) is 2. The minimum Gasteiger partial charge on any atom is -0.337 e. The van der Waals surface area contributed by atoms with Crippen molar-refractivity contribution >= 4 is 29.1 Å². The molecular weight excluding hydrogens is 302 g/mol. The minimum absolute atomic E-state index is 0.0208. The molecule has 0 atom stereocenters. The summed E-state index contributed by atoms with van der Waals surface area (Å²) in [5.41, 5.74) is 0.717. The molecule has 0 fully saturated rings. The molecule has 0 spiro atoms. The largest absolute Gasteiger partial charge is 0.337 e. The number of aromatic nitrogens is 1. The van der Waals surface area contributed by atoms with Crippen LogP contribution in [0, 0.1) is 5.82 Å². The lowest BCUT2D eigenvalue weighted by molar-refractivity contribution is 0.0780. The van der Waals surface area contributed by atoms with Crippen LogP contribution >= 0.6 is 23.2 Å². The van der Waals surface area contributed by atoms with Crippen LogP contribution in [0.4, 0.5) is 4.39 Å². The average Bonchev–Trinajstić information content (AvgIpc) is 2.41. The maximum atomic E-state index is 13.5. The van der Waals surface area contributed by atoms with Gasteiger partial charge in [-0.25, -0.2) is 4.39 Å². The van der Waals surface area contributed by atoms with Crippen LogP contribution in [0.25, 0.3) is 0 Å². The lowest BCUT2D eigenvalue weighted by Gasteiger charge is -2.18. The fourth-order valence-corrected chi connectivity index (χ4v) is 2.20. The summed E-state index contributed by atoms with van der Waals surface area (Å²) >= 11 is 11.9. The van der Waals surface area contributed by atoms with Gasteiger partial charge >= 0.3 is 0 Å². The Morgan fingerprint density at radius 1 is 1.35 bits per heavy atom. The molecule has 0 aliphatic carbocycles. The van der Waals surface area contributed by atoms with Crippen molar-refractivity contribution < 1.29 is 9.18 Å². The number of halogens is 3. The number of carbonyl (C=O) groups excluding carboxylic acids is 1. The highest BCUT2D eigenvalue weighted by molar-refractivity contribution is 6.35. The second kappa shape index (κ2) is 6.20. The van der Waals surface area contributed by atoms with Crippen molar-refractivity contribution in [3.63, 3.8) is 0 Å². The SMILES string of the molecule is CN(Cc1ccc(Cl)cc1Cl)C(=O)c1ccncc1F. The average molecular weight is 313 g/mol. The molecule has 20 heavy (non-hydrogen) atoms. The van der Waals surface area contributed by atoms with Crippen molar-refractivity contribution in [1.29, 1.82) is 0 Å². The summed E-state index contributed by atoms with van der Waals surface area (Å²) in [6.45, 7) is 0.261. The van der Waals surface area contributed by atoms with Gasteiger partial charge in [0.25, 0.3) is 5.91 Å². The Labute approximate surface area is 125 Å². The predicted molar refractivity (Wildman–Crippen MR) is 76.5 cm³/mol. The Bertz CT molecular complexity index is 649. The van der Waals surface area contributed by atoms with E-state index in [9.17, 15) is 9.18 Å². The first-order valence-corrected chi connectivity index (χ1v) is 6.53. The number of pyridine rings is 1. The van der Waals surface area contributed by atoms with Gasteiger partial charge in [-0.15, -0.1) is 0 Å². The number of carbonyl (C=O) groups is 1. The first kappa shape index (κ1) is 14.8. The topological polar surface area (TPSA) is 33.2 Å². The van der Waals surface area contributed by atoms with E-state index in [2.05, 4.69) is 4.98 Å². The summed E-state index contributed by atoms with van der Waals surface area (Å²) in [7, 11) is 1.58. The number of rotatable bonds is 3. The third-order valence-corrected chi connectivity index (χ3v) is 3.36. The Morgan fingerprint density at radius 2 is 2.10 bits per heavy atom. The Hall–Kier alpha value is -1.65. The van der Waals surface area contributed by atoms with Gasteiger partial charge in [-0.2, -0.15) is 0 Å². The van der Waals surface area contributed by atoms with E-state index in [0.717, 1.165) is 11.8 Å². The number of amides is 1. The van der Waals surface area contributed by atoms with E-state index in [4.69, 9.17) is 23.2 Å². The van der Waals surface area contributed by atoms with Crippen LogP contribution in [0.3, 0.4) is 0 Å². The highest BCUT2D eigenvalue weighted by atomic mass is 35.5. The lowest BCUT2D eigenvalue weighted by atomic mass is 10.2. The lowest BCUT2D eigenvalue weighted by Crippen LogP contribution is -2.27. The maximum absolute atomic E-state index is 13.5. The molecule has 2 aromatic rings. The molecule has 3 nitrogen and oxygen atoms in total. The highest BCUT2D eigenvalue weighted by Crippen LogP contribution is 2.22. The van der Waals surface area contributed by atoms with Crippen molar-refractivity contribution in [2.24, 2.45) is 0 Å². The summed E-state index contributed by atoms with van der Waals surface area (Å²) in [6.07, 6.45) is 2.38. The molecule has 1 aromatic heterocycles. The molecule has 104 valence electrons. The second-order valence-electron chi connectivity index (χ2n) is 4.25.